The molecule has 0 radical (unpaired) electrons. The molecule has 3 aromatic carbocycles. The van der Waals surface area contributed by atoms with Crippen molar-refractivity contribution in [3.8, 4) is 11.1 Å². The van der Waals surface area contributed by atoms with E-state index in [1.165, 1.54) is 25.2 Å². The van der Waals surface area contributed by atoms with E-state index in [-0.39, 0.29) is 22.1 Å². The van der Waals surface area contributed by atoms with Crippen LogP contribution in [0.15, 0.2) is 77.7 Å². The summed E-state index contributed by atoms with van der Waals surface area (Å²) in [6.07, 6.45) is 0. The monoisotopic (exact) mass is 415 g/mol. The Bertz CT molecular complexity index is 1080. The Morgan fingerprint density at radius 3 is 2.25 bits per heavy atom. The molecule has 0 saturated heterocycles. The lowest BCUT2D eigenvalue weighted by Gasteiger charge is -2.09. The Labute approximate surface area is 169 Å². The maximum absolute atomic E-state index is 12.3. The summed E-state index contributed by atoms with van der Waals surface area (Å²) >= 11 is 5.93. The number of sulfonamides is 1. The van der Waals surface area contributed by atoms with Gasteiger partial charge in [-0.2, -0.15) is 0 Å². The van der Waals surface area contributed by atoms with E-state index < -0.39 is 16.0 Å². The minimum atomic E-state index is -3.77. The first-order chi connectivity index (χ1) is 13.4. The van der Waals surface area contributed by atoms with Crippen LogP contribution in [0.5, 0.6) is 0 Å². The van der Waals surface area contributed by atoms with Gasteiger partial charge in [-0.05, 0) is 41.9 Å². The van der Waals surface area contributed by atoms with Crippen LogP contribution >= 0.6 is 11.6 Å². The highest BCUT2D eigenvalue weighted by atomic mass is 35.5. The lowest BCUT2D eigenvalue weighted by molar-refractivity contribution is 0.0472. The molecule has 0 aliphatic rings. The van der Waals surface area contributed by atoms with Gasteiger partial charge in [-0.25, -0.2) is 17.9 Å². The zero-order chi connectivity index (χ0) is 20.1. The molecule has 7 heteroatoms. The van der Waals surface area contributed by atoms with Crippen molar-refractivity contribution in [2.75, 3.05) is 7.05 Å². The van der Waals surface area contributed by atoms with Gasteiger partial charge in [-0.15, -0.1) is 0 Å². The molecule has 0 amide bonds. The lowest BCUT2D eigenvalue weighted by Crippen LogP contribution is -2.19. The molecule has 1 N–H and O–H groups in total. The third-order valence-electron chi connectivity index (χ3n) is 4.16. The van der Waals surface area contributed by atoms with Gasteiger partial charge in [0, 0.05) is 0 Å². The van der Waals surface area contributed by atoms with Crippen molar-refractivity contribution in [1.29, 1.82) is 0 Å². The van der Waals surface area contributed by atoms with E-state index in [0.717, 1.165) is 16.7 Å². The van der Waals surface area contributed by atoms with Gasteiger partial charge in [0.05, 0.1) is 10.6 Å². The van der Waals surface area contributed by atoms with Crippen molar-refractivity contribution >= 4 is 27.6 Å². The number of halogens is 1. The van der Waals surface area contributed by atoms with Crippen LogP contribution in [0.3, 0.4) is 0 Å². The first-order valence-corrected chi connectivity index (χ1v) is 10.3. The van der Waals surface area contributed by atoms with Crippen LogP contribution in [0.4, 0.5) is 0 Å². The van der Waals surface area contributed by atoms with Gasteiger partial charge in [0.2, 0.25) is 10.0 Å². The summed E-state index contributed by atoms with van der Waals surface area (Å²) in [5.41, 5.74) is 3.10. The van der Waals surface area contributed by atoms with Gasteiger partial charge in [-0.1, -0.05) is 66.2 Å². The number of rotatable bonds is 6. The Morgan fingerprint density at radius 1 is 0.964 bits per heavy atom. The average Bonchev–Trinajstić information content (AvgIpc) is 2.73. The van der Waals surface area contributed by atoms with Crippen molar-refractivity contribution in [2.45, 2.75) is 11.5 Å². The zero-order valence-electron chi connectivity index (χ0n) is 15.1. The molecule has 3 aromatic rings. The fourth-order valence-corrected chi connectivity index (χ4v) is 3.85. The maximum atomic E-state index is 12.3. The summed E-state index contributed by atoms with van der Waals surface area (Å²) in [6, 6.07) is 21.6. The van der Waals surface area contributed by atoms with Crippen LogP contribution in [0.25, 0.3) is 11.1 Å². The Hall–Kier alpha value is -2.67. The number of nitrogens with one attached hydrogen (secondary N) is 1. The highest BCUT2D eigenvalue weighted by molar-refractivity contribution is 7.89. The first kappa shape index (κ1) is 20.1. The summed E-state index contributed by atoms with van der Waals surface area (Å²) in [7, 11) is -2.50. The van der Waals surface area contributed by atoms with E-state index in [4.69, 9.17) is 16.3 Å². The lowest BCUT2D eigenvalue weighted by atomic mass is 10.0. The van der Waals surface area contributed by atoms with Gasteiger partial charge in [0.1, 0.15) is 11.5 Å². The first-order valence-electron chi connectivity index (χ1n) is 8.45. The average molecular weight is 416 g/mol. The van der Waals surface area contributed by atoms with Gasteiger partial charge in [-0.3, -0.25) is 0 Å². The summed E-state index contributed by atoms with van der Waals surface area (Å²) in [4.78, 5) is 12.1. The third-order valence-corrected chi connectivity index (χ3v) is 6.05. The summed E-state index contributed by atoms with van der Waals surface area (Å²) in [5, 5.41) is 0.0300. The molecular formula is C21H18ClNO4S. The molecule has 28 heavy (non-hydrogen) atoms. The molecule has 0 aromatic heterocycles. The normalized spacial score (nSPS) is 11.2. The number of hydrogen-bond donors (Lipinski definition) is 1. The molecule has 0 saturated carbocycles. The number of benzene rings is 3. The van der Waals surface area contributed by atoms with Gasteiger partial charge < -0.3 is 4.74 Å². The number of carbonyl (C=O) groups excluding carboxylic acids is 1. The molecule has 0 fully saturated rings. The van der Waals surface area contributed by atoms with Crippen molar-refractivity contribution in [3.05, 3.63) is 88.9 Å². The van der Waals surface area contributed by atoms with Crippen molar-refractivity contribution < 1.29 is 17.9 Å². The molecule has 5 nitrogen and oxygen atoms in total. The topological polar surface area (TPSA) is 72.5 Å². The molecule has 0 spiro atoms. The van der Waals surface area contributed by atoms with E-state index in [1.54, 1.807) is 0 Å². The Morgan fingerprint density at radius 2 is 1.61 bits per heavy atom. The highest BCUT2D eigenvalue weighted by Gasteiger charge is 2.19. The van der Waals surface area contributed by atoms with Gasteiger partial charge in [0.15, 0.2) is 0 Å². The standard InChI is InChI=1S/C21H18ClNO4S/c1-23-28(25,26)20-13-18(11-12-19(20)22)21(24)27-14-15-7-9-17(10-8-15)16-5-3-2-4-6-16/h2-13,23H,14H2,1H3. The quantitative estimate of drug-likeness (QED) is 0.610. The predicted molar refractivity (Wildman–Crippen MR) is 109 cm³/mol. The Balaban J connectivity index is 1.70. The third kappa shape index (κ3) is 4.59. The smallest absolute Gasteiger partial charge is 0.338 e. The summed E-state index contributed by atoms with van der Waals surface area (Å²) in [6.45, 7) is 0.0740. The van der Waals surface area contributed by atoms with Crippen LogP contribution in [0, 0.1) is 0 Å². The molecule has 0 aliphatic carbocycles. The Kier molecular flexibility index (Phi) is 6.14. The van der Waals surface area contributed by atoms with Gasteiger partial charge >= 0.3 is 5.97 Å². The SMILES string of the molecule is CNS(=O)(=O)c1cc(C(=O)OCc2ccc(-c3ccccc3)cc2)ccc1Cl. The largest absolute Gasteiger partial charge is 0.457 e. The van der Waals surface area contributed by atoms with Crippen LogP contribution < -0.4 is 4.72 Å². The zero-order valence-corrected chi connectivity index (χ0v) is 16.6. The number of carbonyl (C=O) groups is 1. The van der Waals surface area contributed by atoms with E-state index in [1.807, 2.05) is 54.6 Å². The van der Waals surface area contributed by atoms with Crippen molar-refractivity contribution in [1.82, 2.24) is 4.72 Å². The molecule has 0 atom stereocenters. The summed E-state index contributed by atoms with van der Waals surface area (Å²) < 4.78 is 31.4. The van der Waals surface area contributed by atoms with Crippen LogP contribution in [-0.4, -0.2) is 21.4 Å². The number of ether oxygens (including phenoxy) is 1. The summed E-state index contributed by atoms with van der Waals surface area (Å²) in [5.74, 6) is -0.628. The molecular weight excluding hydrogens is 398 g/mol. The van der Waals surface area contributed by atoms with E-state index in [0.29, 0.717) is 0 Å². The minimum Gasteiger partial charge on any atom is -0.457 e. The molecule has 0 heterocycles. The maximum Gasteiger partial charge on any atom is 0.338 e. The molecule has 144 valence electrons. The predicted octanol–water partition coefficient (Wildman–Crippen LogP) is 4.27. The molecule has 3 rings (SSSR count). The van der Waals surface area contributed by atoms with Crippen molar-refractivity contribution in [3.63, 3.8) is 0 Å². The van der Waals surface area contributed by atoms with Crippen LogP contribution in [0.2, 0.25) is 5.02 Å². The second-order valence-corrected chi connectivity index (χ2v) is 8.25. The van der Waals surface area contributed by atoms with Crippen molar-refractivity contribution in [2.24, 2.45) is 0 Å². The van der Waals surface area contributed by atoms with E-state index >= 15 is 0 Å². The molecule has 0 aliphatic heterocycles. The number of hydrogen-bond acceptors (Lipinski definition) is 4. The highest BCUT2D eigenvalue weighted by Crippen LogP contribution is 2.23. The molecule has 0 bridgehead atoms. The van der Waals surface area contributed by atoms with Gasteiger partial charge in [0.25, 0.3) is 0 Å². The van der Waals surface area contributed by atoms with Crippen LogP contribution in [-0.2, 0) is 21.4 Å². The minimum absolute atomic E-state index is 0.0300. The van der Waals surface area contributed by atoms with Crippen LogP contribution in [0.1, 0.15) is 15.9 Å². The van der Waals surface area contributed by atoms with E-state index in [9.17, 15) is 13.2 Å². The fraction of sp³-hybridized carbons (Fsp3) is 0.0952. The van der Waals surface area contributed by atoms with E-state index in [2.05, 4.69) is 4.72 Å². The fourth-order valence-electron chi connectivity index (χ4n) is 2.60. The second kappa shape index (κ2) is 8.56. The second-order valence-electron chi connectivity index (χ2n) is 5.99. The number of esters is 1. The molecule has 0 unspecified atom stereocenters.